The van der Waals surface area contributed by atoms with E-state index in [1.54, 1.807) is 24.3 Å². The normalized spacial score (nSPS) is 10.0. The van der Waals surface area contributed by atoms with E-state index in [0.29, 0.717) is 24.4 Å². The zero-order valence-corrected chi connectivity index (χ0v) is 9.73. The van der Waals surface area contributed by atoms with Gasteiger partial charge in [-0.05, 0) is 19.1 Å². The highest BCUT2D eigenvalue weighted by Crippen LogP contribution is 2.10. The molecular formula is C12H16N2O3. The van der Waals surface area contributed by atoms with Crippen molar-refractivity contribution in [3.8, 4) is 0 Å². The quantitative estimate of drug-likeness (QED) is 0.565. The number of Topliss-reactive ketones (excluding diaryl/α,β-unsaturated/α-hetero) is 1. The molecule has 0 saturated heterocycles. The number of ketones is 1. The van der Waals surface area contributed by atoms with Gasteiger partial charge in [-0.3, -0.25) is 9.59 Å². The van der Waals surface area contributed by atoms with E-state index >= 15 is 0 Å². The van der Waals surface area contributed by atoms with Crippen molar-refractivity contribution in [3.05, 3.63) is 29.8 Å². The van der Waals surface area contributed by atoms with Gasteiger partial charge in [0.05, 0.1) is 6.61 Å². The van der Waals surface area contributed by atoms with Gasteiger partial charge in [0.1, 0.15) is 6.61 Å². The molecular weight excluding hydrogens is 220 g/mol. The molecule has 92 valence electrons. The molecule has 0 heterocycles. The fraction of sp³-hybridized carbons (Fsp3) is 0.333. The predicted molar refractivity (Wildman–Crippen MR) is 64.9 cm³/mol. The molecule has 0 aliphatic rings. The third-order valence-electron chi connectivity index (χ3n) is 2.05. The van der Waals surface area contributed by atoms with Crippen LogP contribution >= 0.6 is 0 Å². The number of carbonyl (C=O) groups excluding carboxylic acids is 2. The summed E-state index contributed by atoms with van der Waals surface area (Å²) in [5, 5.41) is 2.64. The molecule has 0 atom stereocenters. The molecule has 3 N–H and O–H groups in total. The van der Waals surface area contributed by atoms with Crippen LogP contribution < -0.4 is 11.1 Å². The number of hydrogen-bond acceptors (Lipinski definition) is 4. The number of anilines is 1. The Morgan fingerprint density at radius 2 is 2.18 bits per heavy atom. The Balaban J connectivity index is 2.53. The number of hydrogen-bond donors (Lipinski definition) is 2. The summed E-state index contributed by atoms with van der Waals surface area (Å²) in [5.41, 5.74) is 6.37. The Labute approximate surface area is 99.9 Å². The maximum absolute atomic E-state index is 11.4. The summed E-state index contributed by atoms with van der Waals surface area (Å²) in [7, 11) is 0. The van der Waals surface area contributed by atoms with Crippen molar-refractivity contribution in [2.75, 3.05) is 25.1 Å². The van der Waals surface area contributed by atoms with Crippen LogP contribution in [0.2, 0.25) is 0 Å². The number of nitrogens with two attached hydrogens (primary N) is 1. The largest absolute Gasteiger partial charge is 0.370 e. The van der Waals surface area contributed by atoms with Gasteiger partial charge in [0.25, 0.3) is 0 Å². The van der Waals surface area contributed by atoms with Crippen molar-refractivity contribution in [1.29, 1.82) is 0 Å². The molecule has 0 unspecified atom stereocenters. The van der Waals surface area contributed by atoms with Gasteiger partial charge in [0.15, 0.2) is 5.78 Å². The summed E-state index contributed by atoms with van der Waals surface area (Å²) in [4.78, 5) is 22.5. The average molecular weight is 236 g/mol. The second-order valence-corrected chi connectivity index (χ2v) is 3.53. The highest BCUT2D eigenvalue weighted by molar-refractivity contribution is 5.97. The highest BCUT2D eigenvalue weighted by atomic mass is 16.5. The van der Waals surface area contributed by atoms with E-state index in [1.807, 2.05) is 0 Å². The maximum atomic E-state index is 11.4. The van der Waals surface area contributed by atoms with Crippen LogP contribution in [0.25, 0.3) is 0 Å². The minimum absolute atomic E-state index is 0.0402. The highest BCUT2D eigenvalue weighted by Gasteiger charge is 2.04. The van der Waals surface area contributed by atoms with Crippen molar-refractivity contribution in [3.63, 3.8) is 0 Å². The topological polar surface area (TPSA) is 81.4 Å². The third-order valence-corrected chi connectivity index (χ3v) is 2.05. The van der Waals surface area contributed by atoms with Gasteiger partial charge in [-0.2, -0.15) is 0 Å². The van der Waals surface area contributed by atoms with E-state index in [2.05, 4.69) is 5.32 Å². The number of benzene rings is 1. The summed E-state index contributed by atoms with van der Waals surface area (Å²) in [6, 6.07) is 6.76. The second kappa shape index (κ2) is 6.78. The lowest BCUT2D eigenvalue weighted by Crippen LogP contribution is -2.20. The Kier molecular flexibility index (Phi) is 5.32. The molecule has 0 bridgehead atoms. The van der Waals surface area contributed by atoms with E-state index in [-0.39, 0.29) is 18.3 Å². The molecule has 0 saturated carbocycles. The first-order valence-corrected chi connectivity index (χ1v) is 5.32. The van der Waals surface area contributed by atoms with Crippen LogP contribution in [-0.2, 0) is 9.53 Å². The van der Waals surface area contributed by atoms with Crippen LogP contribution in [0.3, 0.4) is 0 Å². The van der Waals surface area contributed by atoms with E-state index in [0.717, 1.165) is 0 Å². The van der Waals surface area contributed by atoms with Crippen LogP contribution in [0.1, 0.15) is 17.3 Å². The summed E-state index contributed by atoms with van der Waals surface area (Å²) in [6.07, 6.45) is 0. The lowest BCUT2D eigenvalue weighted by molar-refractivity contribution is -0.120. The Hall–Kier alpha value is -1.72. The minimum Gasteiger partial charge on any atom is -0.370 e. The van der Waals surface area contributed by atoms with Gasteiger partial charge >= 0.3 is 0 Å². The van der Waals surface area contributed by atoms with Crippen molar-refractivity contribution in [2.45, 2.75) is 6.92 Å². The Morgan fingerprint density at radius 3 is 2.82 bits per heavy atom. The smallest absolute Gasteiger partial charge is 0.250 e. The first kappa shape index (κ1) is 13.3. The molecule has 5 heteroatoms. The number of amides is 1. The van der Waals surface area contributed by atoms with Crippen molar-refractivity contribution in [2.24, 2.45) is 5.73 Å². The molecule has 0 aromatic heterocycles. The second-order valence-electron chi connectivity index (χ2n) is 3.53. The number of nitrogens with one attached hydrogen (secondary N) is 1. The van der Waals surface area contributed by atoms with E-state index in [1.165, 1.54) is 6.92 Å². The first-order chi connectivity index (χ1) is 8.13. The minimum atomic E-state index is -0.265. The van der Waals surface area contributed by atoms with Gasteiger partial charge in [-0.1, -0.05) is 12.1 Å². The molecule has 0 radical (unpaired) electrons. The average Bonchev–Trinajstić information content (AvgIpc) is 2.29. The monoisotopic (exact) mass is 236 g/mol. The van der Waals surface area contributed by atoms with Gasteiger partial charge in [-0.15, -0.1) is 0 Å². The third kappa shape index (κ3) is 4.76. The van der Waals surface area contributed by atoms with Gasteiger partial charge in [0.2, 0.25) is 5.91 Å². The van der Waals surface area contributed by atoms with Crippen molar-refractivity contribution < 1.29 is 14.3 Å². The molecule has 0 spiro atoms. The SMILES string of the molecule is CC(=O)c1cccc(NC(=O)COCCN)c1. The number of carbonyl (C=O) groups is 2. The van der Waals surface area contributed by atoms with Crippen LogP contribution in [0, 0.1) is 0 Å². The molecule has 1 amide bonds. The van der Waals surface area contributed by atoms with Crippen LogP contribution in [0.5, 0.6) is 0 Å². The lowest BCUT2D eigenvalue weighted by atomic mass is 10.1. The molecule has 17 heavy (non-hydrogen) atoms. The van der Waals surface area contributed by atoms with Crippen LogP contribution in [-0.4, -0.2) is 31.4 Å². The molecule has 0 fully saturated rings. The van der Waals surface area contributed by atoms with E-state index in [9.17, 15) is 9.59 Å². The number of rotatable bonds is 6. The van der Waals surface area contributed by atoms with E-state index < -0.39 is 0 Å². The summed E-state index contributed by atoms with van der Waals surface area (Å²) in [5.74, 6) is -0.306. The zero-order valence-electron chi connectivity index (χ0n) is 9.73. The molecule has 1 rings (SSSR count). The van der Waals surface area contributed by atoms with E-state index in [4.69, 9.17) is 10.5 Å². The van der Waals surface area contributed by atoms with Gasteiger partial charge in [0, 0.05) is 17.8 Å². The predicted octanol–water partition coefficient (Wildman–Crippen LogP) is 0.803. The van der Waals surface area contributed by atoms with Gasteiger partial charge < -0.3 is 15.8 Å². The molecule has 0 aliphatic heterocycles. The maximum Gasteiger partial charge on any atom is 0.250 e. The molecule has 5 nitrogen and oxygen atoms in total. The number of ether oxygens (including phenoxy) is 1. The Bertz CT molecular complexity index is 404. The summed E-state index contributed by atoms with van der Waals surface area (Å²) in [6.45, 7) is 2.17. The van der Waals surface area contributed by atoms with Crippen LogP contribution in [0.4, 0.5) is 5.69 Å². The van der Waals surface area contributed by atoms with Crippen LogP contribution in [0.15, 0.2) is 24.3 Å². The fourth-order valence-corrected chi connectivity index (χ4v) is 1.26. The molecule has 1 aromatic rings. The Morgan fingerprint density at radius 1 is 1.41 bits per heavy atom. The van der Waals surface area contributed by atoms with Crippen molar-refractivity contribution in [1.82, 2.24) is 0 Å². The molecule has 1 aromatic carbocycles. The summed E-state index contributed by atoms with van der Waals surface area (Å²) < 4.78 is 4.99. The first-order valence-electron chi connectivity index (χ1n) is 5.32. The molecule has 0 aliphatic carbocycles. The van der Waals surface area contributed by atoms with Gasteiger partial charge in [-0.25, -0.2) is 0 Å². The zero-order chi connectivity index (χ0) is 12.7. The standard InChI is InChI=1S/C12H16N2O3/c1-9(15)10-3-2-4-11(7-10)14-12(16)8-17-6-5-13/h2-4,7H,5-6,8,13H2,1H3,(H,14,16). The fourth-order valence-electron chi connectivity index (χ4n) is 1.26. The van der Waals surface area contributed by atoms with Crippen molar-refractivity contribution >= 4 is 17.4 Å². The lowest BCUT2D eigenvalue weighted by Gasteiger charge is -2.06. The summed E-state index contributed by atoms with van der Waals surface area (Å²) >= 11 is 0.